The number of benzene rings is 2. The van der Waals surface area contributed by atoms with Crippen molar-refractivity contribution in [2.75, 3.05) is 18.6 Å². The number of hydrogen-bond acceptors (Lipinski definition) is 3. The van der Waals surface area contributed by atoms with Gasteiger partial charge in [0.15, 0.2) is 0 Å². The van der Waals surface area contributed by atoms with Crippen LogP contribution in [0.3, 0.4) is 0 Å². The molecule has 1 aliphatic heterocycles. The number of ether oxygens (including phenoxy) is 1. The summed E-state index contributed by atoms with van der Waals surface area (Å²) in [6, 6.07) is 11.1. The monoisotopic (exact) mass is 354 g/mol. The van der Waals surface area contributed by atoms with Crippen molar-refractivity contribution in [3.63, 3.8) is 0 Å². The lowest BCUT2D eigenvalue weighted by Gasteiger charge is -2.47. The number of fused-ring (bicyclic) bond motifs is 1. The summed E-state index contributed by atoms with van der Waals surface area (Å²) in [4.78, 5) is 6.74. The zero-order valence-electron chi connectivity index (χ0n) is 16.2. The van der Waals surface area contributed by atoms with Crippen molar-refractivity contribution < 1.29 is 9.13 Å². The van der Waals surface area contributed by atoms with E-state index in [2.05, 4.69) is 37.6 Å². The predicted molar refractivity (Wildman–Crippen MR) is 107 cm³/mol. The zero-order chi connectivity index (χ0) is 18.9. The van der Waals surface area contributed by atoms with E-state index in [1.807, 2.05) is 30.3 Å². The number of nitrogens with zero attached hydrogens (tertiary/aromatic N) is 2. The number of hydrogen-bond donors (Lipinski definition) is 0. The third kappa shape index (κ3) is 3.33. The molecular weight excluding hydrogens is 327 g/mol. The van der Waals surface area contributed by atoms with Gasteiger partial charge in [0.2, 0.25) is 0 Å². The van der Waals surface area contributed by atoms with Gasteiger partial charge in [0.25, 0.3) is 0 Å². The second kappa shape index (κ2) is 7.10. The summed E-state index contributed by atoms with van der Waals surface area (Å²) in [6.07, 6.45) is 2.64. The summed E-state index contributed by atoms with van der Waals surface area (Å²) >= 11 is 0. The largest absolute Gasteiger partial charge is 0.494 e. The van der Waals surface area contributed by atoms with Gasteiger partial charge in [-0.2, -0.15) is 0 Å². The van der Waals surface area contributed by atoms with E-state index >= 15 is 0 Å². The molecule has 0 aliphatic carbocycles. The van der Waals surface area contributed by atoms with E-state index < -0.39 is 0 Å². The molecule has 0 radical (unpaired) electrons. The highest BCUT2D eigenvalue weighted by atomic mass is 19.1. The maximum absolute atomic E-state index is 14.8. The average molecular weight is 354 g/mol. The van der Waals surface area contributed by atoms with Gasteiger partial charge in [-0.15, -0.1) is 0 Å². The smallest absolute Gasteiger partial charge is 0.144 e. The first-order valence-corrected chi connectivity index (χ1v) is 9.15. The van der Waals surface area contributed by atoms with E-state index in [-0.39, 0.29) is 11.4 Å². The summed E-state index contributed by atoms with van der Waals surface area (Å²) in [5.41, 5.74) is 3.42. The van der Waals surface area contributed by atoms with Crippen LogP contribution in [0.4, 0.5) is 15.8 Å². The van der Waals surface area contributed by atoms with Gasteiger partial charge in [0.05, 0.1) is 7.11 Å². The highest BCUT2D eigenvalue weighted by Gasteiger charge is 2.36. The molecule has 0 fully saturated rings. The molecule has 0 bridgehead atoms. The van der Waals surface area contributed by atoms with Crippen LogP contribution in [0.1, 0.15) is 51.2 Å². The molecule has 1 aliphatic rings. The van der Waals surface area contributed by atoms with Gasteiger partial charge in [-0.1, -0.05) is 19.1 Å². The molecule has 0 N–H and O–H groups in total. The molecule has 1 heterocycles. The molecule has 2 aromatic carbocycles. The van der Waals surface area contributed by atoms with E-state index in [1.165, 1.54) is 5.56 Å². The summed E-state index contributed by atoms with van der Waals surface area (Å²) < 4.78 is 20.1. The maximum Gasteiger partial charge on any atom is 0.144 e. The van der Waals surface area contributed by atoms with Crippen molar-refractivity contribution in [1.29, 1.82) is 0 Å². The highest BCUT2D eigenvalue weighted by molar-refractivity contribution is 5.85. The lowest BCUT2D eigenvalue weighted by atomic mass is 9.79. The van der Waals surface area contributed by atoms with Gasteiger partial charge in [0, 0.05) is 29.5 Å². The Balaban J connectivity index is 2.01. The van der Waals surface area contributed by atoms with E-state index in [4.69, 9.17) is 4.74 Å². The summed E-state index contributed by atoms with van der Waals surface area (Å²) in [5, 5.41) is 0. The molecule has 138 valence electrons. The molecule has 0 saturated carbocycles. The van der Waals surface area contributed by atoms with Crippen LogP contribution in [0, 0.1) is 5.82 Å². The average Bonchev–Trinajstić information content (AvgIpc) is 2.60. The zero-order valence-corrected chi connectivity index (χ0v) is 16.2. The van der Waals surface area contributed by atoms with Crippen LogP contribution in [-0.2, 0) is 0 Å². The van der Waals surface area contributed by atoms with Gasteiger partial charge >= 0.3 is 0 Å². The minimum atomic E-state index is -0.245. The molecule has 2 aromatic rings. The van der Waals surface area contributed by atoms with Crippen molar-refractivity contribution in [1.82, 2.24) is 0 Å². The number of anilines is 1. The van der Waals surface area contributed by atoms with Crippen molar-refractivity contribution in [2.24, 2.45) is 4.99 Å². The first-order chi connectivity index (χ1) is 12.4. The minimum Gasteiger partial charge on any atom is -0.494 e. The topological polar surface area (TPSA) is 24.8 Å². The number of aliphatic imine (C=N–C) groups is 1. The molecule has 0 amide bonds. The molecule has 1 unspecified atom stereocenters. The Hall–Kier alpha value is -2.36. The molecule has 0 aromatic heterocycles. The lowest BCUT2D eigenvalue weighted by molar-refractivity contribution is 0.380. The SMILES string of the molecule is CCN1c2cc(F)c(C=Nc3ccccc3OC)cc2C(C)CC1(C)C. The Bertz CT molecular complexity index is 829. The van der Waals surface area contributed by atoms with E-state index in [1.54, 1.807) is 19.4 Å². The molecule has 3 rings (SSSR count). The third-order valence-electron chi connectivity index (χ3n) is 5.25. The maximum atomic E-state index is 14.8. The van der Waals surface area contributed by atoms with Crippen LogP contribution in [-0.4, -0.2) is 25.4 Å². The lowest BCUT2D eigenvalue weighted by Crippen LogP contribution is -2.48. The second-order valence-electron chi connectivity index (χ2n) is 7.52. The van der Waals surface area contributed by atoms with E-state index in [9.17, 15) is 4.39 Å². The second-order valence-corrected chi connectivity index (χ2v) is 7.52. The van der Waals surface area contributed by atoms with Gasteiger partial charge < -0.3 is 9.64 Å². The first-order valence-electron chi connectivity index (χ1n) is 9.15. The first kappa shape index (κ1) is 18.4. The fourth-order valence-corrected chi connectivity index (χ4v) is 4.09. The fourth-order valence-electron chi connectivity index (χ4n) is 4.09. The number of halogens is 1. The minimum absolute atomic E-state index is 0.0284. The molecule has 26 heavy (non-hydrogen) atoms. The predicted octanol–water partition coefficient (Wildman–Crippen LogP) is 5.70. The van der Waals surface area contributed by atoms with Gasteiger partial charge in [0.1, 0.15) is 17.3 Å². The highest BCUT2D eigenvalue weighted by Crippen LogP contribution is 2.43. The van der Waals surface area contributed by atoms with Gasteiger partial charge in [-0.25, -0.2) is 4.39 Å². The van der Waals surface area contributed by atoms with Gasteiger partial charge in [-0.3, -0.25) is 4.99 Å². The summed E-state index contributed by atoms with van der Waals surface area (Å²) in [5.74, 6) is 0.807. The van der Waals surface area contributed by atoms with Crippen LogP contribution in [0.2, 0.25) is 0 Å². The Kier molecular flexibility index (Phi) is 5.03. The molecule has 0 saturated heterocycles. The van der Waals surface area contributed by atoms with Crippen LogP contribution < -0.4 is 9.64 Å². The van der Waals surface area contributed by atoms with Crippen LogP contribution in [0.5, 0.6) is 5.75 Å². The third-order valence-corrected chi connectivity index (χ3v) is 5.25. The number of rotatable bonds is 4. The molecule has 3 nitrogen and oxygen atoms in total. The Morgan fingerprint density at radius 1 is 1.31 bits per heavy atom. The fraction of sp³-hybridized carbons (Fsp3) is 0.409. The van der Waals surface area contributed by atoms with E-state index in [0.717, 1.165) is 18.7 Å². The van der Waals surface area contributed by atoms with Crippen molar-refractivity contribution in [3.8, 4) is 5.75 Å². The Morgan fingerprint density at radius 2 is 2.04 bits per heavy atom. The Morgan fingerprint density at radius 3 is 2.73 bits per heavy atom. The molecule has 4 heteroatoms. The number of para-hydroxylation sites is 2. The molecule has 0 spiro atoms. The molecular formula is C22H27FN2O. The normalized spacial score (nSPS) is 18.8. The van der Waals surface area contributed by atoms with E-state index in [0.29, 0.717) is 22.9 Å². The quantitative estimate of drug-likeness (QED) is 0.658. The number of methoxy groups -OCH3 is 1. The van der Waals surface area contributed by atoms with Crippen molar-refractivity contribution in [2.45, 2.75) is 45.6 Å². The van der Waals surface area contributed by atoms with Crippen LogP contribution in [0.15, 0.2) is 41.4 Å². The van der Waals surface area contributed by atoms with Crippen molar-refractivity contribution >= 4 is 17.6 Å². The van der Waals surface area contributed by atoms with Crippen molar-refractivity contribution in [3.05, 3.63) is 53.3 Å². The molecule has 1 atom stereocenters. The summed E-state index contributed by atoms with van der Waals surface area (Å²) in [6.45, 7) is 9.65. The Labute approximate surface area is 155 Å². The van der Waals surface area contributed by atoms with Gasteiger partial charge in [-0.05, 0) is 62.9 Å². The standard InChI is InChI=1S/C22H27FN2O/c1-6-25-20-12-18(23)16(11-17(20)15(2)13-22(25,3)4)14-24-19-9-7-8-10-21(19)26-5/h7-12,14-15H,6,13H2,1-5H3. The van der Waals surface area contributed by atoms with Crippen LogP contribution >= 0.6 is 0 Å². The summed E-state index contributed by atoms with van der Waals surface area (Å²) in [7, 11) is 1.61. The van der Waals surface area contributed by atoms with Crippen LogP contribution in [0.25, 0.3) is 0 Å².